The van der Waals surface area contributed by atoms with Crippen LogP contribution in [0.1, 0.15) is 88.0 Å². The quantitative estimate of drug-likeness (QED) is 0.0368. The van der Waals surface area contributed by atoms with Crippen molar-refractivity contribution in [2.45, 2.75) is 103 Å². The Morgan fingerprint density at radius 2 is 1.58 bits per heavy atom. The van der Waals surface area contributed by atoms with Crippen LogP contribution in [0.5, 0.6) is 0 Å². The molecule has 0 bridgehead atoms. The highest BCUT2D eigenvalue weighted by atomic mass is 79.9. The third-order valence-electron chi connectivity index (χ3n) is 14.4. The predicted octanol–water partition coefficient (Wildman–Crippen LogP) is 4.20. The molecule has 8 rings (SSSR count). The number of carbonyl (C=O) groups is 9. The van der Waals surface area contributed by atoms with E-state index in [0.717, 1.165) is 20.3 Å². The first-order valence-corrected chi connectivity index (χ1v) is 26.6. The topological polar surface area (TPSA) is 305 Å². The van der Waals surface area contributed by atoms with E-state index in [1.165, 1.54) is 26.9 Å². The van der Waals surface area contributed by atoms with Gasteiger partial charge in [0.2, 0.25) is 17.4 Å². The van der Waals surface area contributed by atoms with Crippen LogP contribution in [0, 0.1) is 5.92 Å². The first-order chi connectivity index (χ1) is 37.3. The van der Waals surface area contributed by atoms with Crippen LogP contribution in [0.2, 0.25) is 0 Å². The van der Waals surface area contributed by atoms with Crippen LogP contribution < -0.4 is 32.6 Å². The summed E-state index contributed by atoms with van der Waals surface area (Å²) in [6.07, 6.45) is 2.60. The third-order valence-corrected chi connectivity index (χ3v) is 15.1. The minimum Gasteiger partial charge on any atom is -0.457 e. The standard InChI is InChI=1S/C54H61BrN10O13/c1-4-54(37-27-41-46-33(26-35-38(55)10-8-11-39(35)59-46)28-64(41)48(70)36(37)30-76-50(54)72)78-53(75)62-24-22-61(23-25-62)52(74)77-29-32-14-16-34(17-15-32)65(40(47(56)69)12-9-20-58-51(57)73)49(71)45(31(2)3)60-42(66)13-6-5-7-21-63-43(67)18-19-44(63)68/h8,10-11,14-19,26-27,31,40,45H,4-7,9,12-13,20-25,28-30H2,1-3H3,(H2,56,69)(H,60,66)(H3,57,58,73)/t40-,45-,54-/m0/s1. The third kappa shape index (κ3) is 11.9. The lowest BCUT2D eigenvalue weighted by Crippen LogP contribution is -2.57. The van der Waals surface area contributed by atoms with Crippen LogP contribution in [0.3, 0.4) is 0 Å². The van der Waals surface area contributed by atoms with Crippen LogP contribution in [0.15, 0.2) is 76.0 Å². The second-order valence-electron chi connectivity index (χ2n) is 19.8. The number of primary amides is 2. The molecule has 6 heterocycles. The largest absolute Gasteiger partial charge is 0.457 e. The Balaban J connectivity index is 0.888. The van der Waals surface area contributed by atoms with Gasteiger partial charge < -0.3 is 50.7 Å². The first-order valence-electron chi connectivity index (χ1n) is 25.8. The number of rotatable bonds is 20. The Labute approximate surface area is 456 Å². The molecule has 2 aromatic heterocycles. The van der Waals surface area contributed by atoms with E-state index in [4.69, 9.17) is 30.7 Å². The van der Waals surface area contributed by atoms with Crippen molar-refractivity contribution in [3.63, 3.8) is 0 Å². The summed E-state index contributed by atoms with van der Waals surface area (Å²) in [6.45, 7) is 5.40. The van der Waals surface area contributed by atoms with E-state index in [2.05, 4.69) is 26.6 Å². The Bertz CT molecular complexity index is 3140. The van der Waals surface area contributed by atoms with Gasteiger partial charge in [-0.15, -0.1) is 0 Å². The number of benzene rings is 2. The Morgan fingerprint density at radius 3 is 2.23 bits per heavy atom. The monoisotopic (exact) mass is 1140 g/mol. The van der Waals surface area contributed by atoms with Crippen LogP contribution in [0.4, 0.5) is 20.1 Å². The number of nitrogens with zero attached hydrogens (tertiary/aromatic N) is 6. The van der Waals surface area contributed by atoms with Crippen molar-refractivity contribution in [3.05, 3.63) is 104 Å². The summed E-state index contributed by atoms with van der Waals surface area (Å²) in [5.41, 5.74) is 12.7. The van der Waals surface area contributed by atoms with Crippen LogP contribution >= 0.6 is 15.9 Å². The zero-order chi connectivity index (χ0) is 56.0. The zero-order valence-electron chi connectivity index (χ0n) is 43.4. The summed E-state index contributed by atoms with van der Waals surface area (Å²) in [7, 11) is 0. The van der Waals surface area contributed by atoms with E-state index in [1.54, 1.807) is 55.7 Å². The fourth-order valence-electron chi connectivity index (χ4n) is 10.1. The fourth-order valence-corrected chi connectivity index (χ4v) is 10.5. The van der Waals surface area contributed by atoms with Gasteiger partial charge in [0.25, 0.3) is 23.3 Å². The first kappa shape index (κ1) is 56.1. The minimum absolute atomic E-state index is 0.0229. The fraction of sp³-hybridized carbons (Fsp3) is 0.426. The van der Waals surface area contributed by atoms with Crippen molar-refractivity contribution in [2.75, 3.05) is 44.2 Å². The molecule has 0 unspecified atom stereocenters. The molecule has 6 N–H and O–H groups in total. The maximum absolute atomic E-state index is 14.5. The number of amides is 9. The second kappa shape index (κ2) is 24.0. The number of piperazine rings is 1. The van der Waals surface area contributed by atoms with Gasteiger partial charge in [-0.2, -0.15) is 0 Å². The maximum atomic E-state index is 14.5. The average molecular weight is 1140 g/mol. The number of hydrogen-bond acceptors (Lipinski definition) is 14. The van der Waals surface area contributed by atoms with Gasteiger partial charge in [0, 0.05) is 84.5 Å². The number of aromatic nitrogens is 2. The second-order valence-corrected chi connectivity index (χ2v) is 20.6. The average Bonchev–Trinajstić information content (AvgIpc) is 4.16. The number of imide groups is 1. The number of pyridine rings is 2. The molecule has 0 aliphatic carbocycles. The van der Waals surface area contributed by atoms with Gasteiger partial charge in [-0.05, 0) is 80.0 Å². The number of halogens is 1. The Morgan fingerprint density at radius 1 is 0.885 bits per heavy atom. The molecule has 1 fully saturated rings. The van der Waals surface area contributed by atoms with E-state index in [0.29, 0.717) is 41.7 Å². The lowest BCUT2D eigenvalue weighted by atomic mass is 9.85. The summed E-state index contributed by atoms with van der Waals surface area (Å²) >= 11 is 3.58. The highest BCUT2D eigenvalue weighted by molar-refractivity contribution is 9.10. The van der Waals surface area contributed by atoms with Gasteiger partial charge in [-0.3, -0.25) is 38.6 Å². The van der Waals surface area contributed by atoms with Crippen LogP contribution in [-0.2, 0) is 68.3 Å². The van der Waals surface area contributed by atoms with E-state index in [9.17, 15) is 47.9 Å². The van der Waals surface area contributed by atoms with Crippen LogP contribution in [-0.4, -0.2) is 129 Å². The van der Waals surface area contributed by atoms with E-state index in [-0.39, 0.29) is 119 Å². The number of cyclic esters (lactones) is 1. The molecule has 0 saturated carbocycles. The minimum atomic E-state index is -1.93. The molecule has 4 aromatic rings. The number of esters is 1. The van der Waals surface area contributed by atoms with Crippen molar-refractivity contribution in [2.24, 2.45) is 17.4 Å². The predicted molar refractivity (Wildman–Crippen MR) is 285 cm³/mol. The van der Waals surface area contributed by atoms with Gasteiger partial charge in [0.05, 0.1) is 29.0 Å². The number of unbranched alkanes of at least 4 members (excludes halogenated alkanes) is 2. The molecule has 0 spiro atoms. The Hall–Kier alpha value is -8.15. The molecule has 23 nitrogen and oxygen atoms in total. The lowest BCUT2D eigenvalue weighted by molar-refractivity contribution is -0.173. The number of fused-ring (bicyclic) bond motifs is 5. The van der Waals surface area contributed by atoms with Gasteiger partial charge in [-0.1, -0.05) is 61.3 Å². The molecule has 4 aliphatic heterocycles. The van der Waals surface area contributed by atoms with Gasteiger partial charge in [-0.25, -0.2) is 24.2 Å². The van der Waals surface area contributed by atoms with E-state index >= 15 is 0 Å². The number of carbonyl (C=O) groups excluding carboxylic acids is 9. The zero-order valence-corrected chi connectivity index (χ0v) is 45.0. The normalized spacial score (nSPS) is 17.2. The van der Waals surface area contributed by atoms with Crippen molar-refractivity contribution >= 4 is 86.2 Å². The van der Waals surface area contributed by atoms with Crippen molar-refractivity contribution in [3.8, 4) is 11.4 Å². The molecule has 0 radical (unpaired) electrons. The van der Waals surface area contributed by atoms with Gasteiger partial charge in [0.15, 0.2) is 0 Å². The number of ether oxygens (including phenoxy) is 3. The van der Waals surface area contributed by atoms with Crippen molar-refractivity contribution < 1.29 is 57.4 Å². The molecule has 3 atom stereocenters. The number of nitrogens with one attached hydrogen (secondary N) is 2. The molecular formula is C54H61BrN10O13. The molecule has 9 amide bonds. The van der Waals surface area contributed by atoms with E-state index < -0.39 is 65.5 Å². The van der Waals surface area contributed by atoms with Gasteiger partial charge in [0.1, 0.15) is 25.3 Å². The highest BCUT2D eigenvalue weighted by Crippen LogP contribution is 2.42. The van der Waals surface area contributed by atoms with Crippen molar-refractivity contribution in [1.82, 2.24) is 34.9 Å². The molecule has 1 saturated heterocycles. The smallest absolute Gasteiger partial charge is 0.411 e. The van der Waals surface area contributed by atoms with Crippen molar-refractivity contribution in [1.29, 1.82) is 0 Å². The summed E-state index contributed by atoms with van der Waals surface area (Å²) in [5.74, 6) is -3.91. The molecule has 24 heteroatoms. The van der Waals surface area contributed by atoms with Crippen LogP contribution in [0.25, 0.3) is 22.3 Å². The number of anilines is 1. The summed E-state index contributed by atoms with van der Waals surface area (Å²) in [4.78, 5) is 141. The molecular weight excluding hydrogens is 1080 g/mol. The lowest BCUT2D eigenvalue weighted by Gasteiger charge is -2.39. The summed E-state index contributed by atoms with van der Waals surface area (Å²) in [5, 5.41) is 6.15. The number of nitrogens with two attached hydrogens (primary N) is 2. The SMILES string of the molecule is CC[C@@]1(OC(=O)N2CCN(C(=O)OCc3ccc(N(C(=O)[C@@H](NC(=O)CCCCCN4C(=O)C=CC4=O)C(C)C)[C@@H](CCCNC(N)=O)C(N)=O)cc3)CC2)C(=O)OCc2c1cc1n(c2=O)Cc2cc3c(Br)cccc3nc2-1. The molecule has 4 aliphatic rings. The molecule has 78 heavy (non-hydrogen) atoms. The Kier molecular flexibility index (Phi) is 17.3. The number of hydrogen-bond donors (Lipinski definition) is 4. The maximum Gasteiger partial charge on any atom is 0.411 e. The number of urea groups is 1. The summed E-state index contributed by atoms with van der Waals surface area (Å²) in [6, 6.07) is 12.5. The molecule has 2 aromatic carbocycles. The summed E-state index contributed by atoms with van der Waals surface area (Å²) < 4.78 is 19.7. The van der Waals surface area contributed by atoms with Gasteiger partial charge >= 0.3 is 24.2 Å². The van der Waals surface area contributed by atoms with E-state index in [1.807, 2.05) is 24.3 Å². The molecule has 412 valence electrons. The highest BCUT2D eigenvalue weighted by Gasteiger charge is 2.51.